The molecule has 3 nitrogen and oxygen atoms in total. The molecule has 1 aromatic carbocycles. The number of benzene rings is 1. The van der Waals surface area contributed by atoms with Crippen molar-refractivity contribution in [2.45, 2.75) is 25.7 Å². The van der Waals surface area contributed by atoms with E-state index in [1.165, 1.54) is 10.4 Å². The van der Waals surface area contributed by atoms with Crippen LogP contribution in [0.25, 0.3) is 0 Å². The first-order valence-corrected chi connectivity index (χ1v) is 8.07. The van der Waals surface area contributed by atoms with E-state index in [0.717, 1.165) is 25.7 Å². The van der Waals surface area contributed by atoms with Crippen molar-refractivity contribution in [2.24, 2.45) is 5.92 Å². The molecule has 1 unspecified atom stereocenters. The Kier molecular flexibility index (Phi) is 4.46. The predicted molar refractivity (Wildman–Crippen MR) is 86.5 cm³/mol. The molecule has 1 aliphatic rings. The summed E-state index contributed by atoms with van der Waals surface area (Å²) in [5, 5.41) is 3.66. The number of carbonyl (C=O) groups is 1. The zero-order chi connectivity index (χ0) is 14.5. The van der Waals surface area contributed by atoms with Crippen molar-refractivity contribution in [3.63, 3.8) is 0 Å². The SMILES string of the molecule is O=C(Nc1ncc(Cc2ccccc2)s1)C1CC=CCC1. The van der Waals surface area contributed by atoms with Crippen LogP contribution >= 0.6 is 11.3 Å². The average Bonchev–Trinajstić information content (AvgIpc) is 2.96. The van der Waals surface area contributed by atoms with Crippen LogP contribution < -0.4 is 5.32 Å². The number of hydrogen-bond donors (Lipinski definition) is 1. The van der Waals surface area contributed by atoms with Gasteiger partial charge in [0.25, 0.3) is 0 Å². The minimum atomic E-state index is 0.0940. The van der Waals surface area contributed by atoms with Gasteiger partial charge in [0.1, 0.15) is 0 Å². The van der Waals surface area contributed by atoms with E-state index in [-0.39, 0.29) is 11.8 Å². The van der Waals surface area contributed by atoms with Crippen LogP contribution in [-0.2, 0) is 11.2 Å². The Bertz CT molecular complexity index is 633. The van der Waals surface area contributed by atoms with Crippen molar-refractivity contribution in [2.75, 3.05) is 5.32 Å². The first-order valence-electron chi connectivity index (χ1n) is 7.26. The summed E-state index contributed by atoms with van der Waals surface area (Å²) in [5.74, 6) is 0.191. The van der Waals surface area contributed by atoms with Gasteiger partial charge in [-0.2, -0.15) is 0 Å². The third-order valence-electron chi connectivity index (χ3n) is 3.64. The topological polar surface area (TPSA) is 42.0 Å². The molecule has 0 saturated heterocycles. The molecule has 0 aliphatic heterocycles. The number of nitrogens with zero attached hydrogens (tertiary/aromatic N) is 1. The van der Waals surface area contributed by atoms with E-state index in [1.807, 2.05) is 24.4 Å². The molecular weight excluding hydrogens is 280 g/mol. The molecule has 4 heteroatoms. The summed E-state index contributed by atoms with van der Waals surface area (Å²) in [5.41, 5.74) is 1.26. The average molecular weight is 298 g/mol. The molecule has 1 atom stereocenters. The number of anilines is 1. The number of allylic oxidation sites excluding steroid dienone is 2. The third-order valence-corrected chi connectivity index (χ3v) is 4.56. The highest BCUT2D eigenvalue weighted by molar-refractivity contribution is 7.15. The van der Waals surface area contributed by atoms with Gasteiger partial charge < -0.3 is 5.32 Å². The Labute approximate surface area is 128 Å². The van der Waals surface area contributed by atoms with Crippen molar-refractivity contribution in [1.82, 2.24) is 4.98 Å². The Balaban J connectivity index is 1.60. The van der Waals surface area contributed by atoms with Crippen molar-refractivity contribution in [3.8, 4) is 0 Å². The molecule has 0 saturated carbocycles. The molecule has 0 fully saturated rings. The highest BCUT2D eigenvalue weighted by atomic mass is 32.1. The molecule has 0 spiro atoms. The third kappa shape index (κ3) is 3.79. The van der Waals surface area contributed by atoms with Crippen LogP contribution in [-0.4, -0.2) is 10.9 Å². The normalized spacial score (nSPS) is 17.6. The van der Waals surface area contributed by atoms with Gasteiger partial charge in [-0.1, -0.05) is 42.5 Å². The molecule has 21 heavy (non-hydrogen) atoms. The second kappa shape index (κ2) is 6.68. The predicted octanol–water partition coefficient (Wildman–Crippen LogP) is 4.03. The first kappa shape index (κ1) is 14.0. The van der Waals surface area contributed by atoms with E-state index in [4.69, 9.17) is 0 Å². The second-order valence-electron chi connectivity index (χ2n) is 5.26. The lowest BCUT2D eigenvalue weighted by Gasteiger charge is -2.15. The van der Waals surface area contributed by atoms with Crippen LogP contribution in [0.5, 0.6) is 0 Å². The number of rotatable bonds is 4. The minimum absolute atomic E-state index is 0.0940. The summed E-state index contributed by atoms with van der Waals surface area (Å²) in [6.07, 6.45) is 9.73. The number of hydrogen-bond acceptors (Lipinski definition) is 3. The van der Waals surface area contributed by atoms with Crippen molar-refractivity contribution < 1.29 is 4.79 Å². The number of amides is 1. The van der Waals surface area contributed by atoms with Gasteiger partial charge in [-0.3, -0.25) is 4.79 Å². The van der Waals surface area contributed by atoms with E-state index >= 15 is 0 Å². The molecule has 1 amide bonds. The quantitative estimate of drug-likeness (QED) is 0.866. The highest BCUT2D eigenvalue weighted by Gasteiger charge is 2.19. The van der Waals surface area contributed by atoms with E-state index in [2.05, 4.69) is 34.6 Å². The molecule has 1 heterocycles. The van der Waals surface area contributed by atoms with Gasteiger partial charge in [-0.05, 0) is 24.8 Å². The molecule has 3 rings (SSSR count). The van der Waals surface area contributed by atoms with Crippen molar-refractivity contribution in [1.29, 1.82) is 0 Å². The summed E-state index contributed by atoms with van der Waals surface area (Å²) in [6.45, 7) is 0. The van der Waals surface area contributed by atoms with Crippen LogP contribution in [0.1, 0.15) is 29.7 Å². The van der Waals surface area contributed by atoms with Crippen LogP contribution in [0, 0.1) is 5.92 Å². The van der Waals surface area contributed by atoms with Crippen molar-refractivity contribution >= 4 is 22.4 Å². The van der Waals surface area contributed by atoms with E-state index in [1.54, 1.807) is 11.3 Å². The molecule has 0 radical (unpaired) electrons. The molecular formula is C17H18N2OS. The fourth-order valence-corrected chi connectivity index (χ4v) is 3.33. The Morgan fingerprint density at radius 2 is 2.14 bits per heavy atom. The molecule has 2 aromatic rings. The standard InChI is InChI=1S/C17H18N2OS/c20-16(14-9-5-2-6-10-14)19-17-18-12-15(21-17)11-13-7-3-1-4-8-13/h1-5,7-8,12,14H,6,9-11H2,(H,18,19,20). The van der Waals surface area contributed by atoms with Crippen molar-refractivity contribution in [3.05, 3.63) is 59.1 Å². The Morgan fingerprint density at radius 3 is 2.90 bits per heavy atom. The Morgan fingerprint density at radius 1 is 1.29 bits per heavy atom. The number of aromatic nitrogens is 1. The van der Waals surface area contributed by atoms with Crippen LogP contribution in [0.2, 0.25) is 0 Å². The van der Waals surface area contributed by atoms with Gasteiger partial charge in [0, 0.05) is 23.4 Å². The minimum Gasteiger partial charge on any atom is -0.302 e. The molecule has 108 valence electrons. The summed E-state index contributed by atoms with van der Waals surface area (Å²) < 4.78 is 0. The molecule has 1 aromatic heterocycles. The largest absolute Gasteiger partial charge is 0.302 e. The second-order valence-corrected chi connectivity index (χ2v) is 6.38. The zero-order valence-corrected chi connectivity index (χ0v) is 12.6. The highest BCUT2D eigenvalue weighted by Crippen LogP contribution is 2.24. The monoisotopic (exact) mass is 298 g/mol. The zero-order valence-electron chi connectivity index (χ0n) is 11.8. The first-order chi connectivity index (χ1) is 10.3. The molecule has 1 N–H and O–H groups in total. The van der Waals surface area contributed by atoms with Gasteiger partial charge in [0.15, 0.2) is 5.13 Å². The van der Waals surface area contributed by atoms with Crippen LogP contribution in [0.3, 0.4) is 0 Å². The Hall–Kier alpha value is -1.94. The fourth-order valence-electron chi connectivity index (χ4n) is 2.48. The van der Waals surface area contributed by atoms with E-state index < -0.39 is 0 Å². The maximum atomic E-state index is 12.2. The lowest BCUT2D eigenvalue weighted by atomic mass is 9.94. The lowest BCUT2D eigenvalue weighted by molar-refractivity contribution is -0.120. The smallest absolute Gasteiger partial charge is 0.229 e. The fraction of sp³-hybridized carbons (Fsp3) is 0.294. The van der Waals surface area contributed by atoms with Gasteiger partial charge in [-0.25, -0.2) is 4.98 Å². The summed E-state index contributed by atoms with van der Waals surface area (Å²) in [6, 6.07) is 10.3. The number of thiazole rings is 1. The van der Waals surface area contributed by atoms with E-state index in [9.17, 15) is 4.79 Å². The number of carbonyl (C=O) groups excluding carboxylic acids is 1. The van der Waals surface area contributed by atoms with Crippen LogP contribution in [0.15, 0.2) is 48.7 Å². The van der Waals surface area contributed by atoms with Crippen LogP contribution in [0.4, 0.5) is 5.13 Å². The van der Waals surface area contributed by atoms with E-state index in [0.29, 0.717) is 5.13 Å². The maximum absolute atomic E-state index is 12.2. The summed E-state index contributed by atoms with van der Waals surface area (Å²) >= 11 is 1.56. The number of nitrogens with one attached hydrogen (secondary N) is 1. The molecule has 1 aliphatic carbocycles. The van der Waals surface area contributed by atoms with Gasteiger partial charge in [-0.15, -0.1) is 11.3 Å². The molecule has 0 bridgehead atoms. The summed E-state index contributed by atoms with van der Waals surface area (Å²) in [4.78, 5) is 17.6. The lowest BCUT2D eigenvalue weighted by Crippen LogP contribution is -2.23. The maximum Gasteiger partial charge on any atom is 0.229 e. The van der Waals surface area contributed by atoms with Gasteiger partial charge >= 0.3 is 0 Å². The van der Waals surface area contributed by atoms with Gasteiger partial charge in [0.2, 0.25) is 5.91 Å². The van der Waals surface area contributed by atoms with Gasteiger partial charge in [0.05, 0.1) is 0 Å². The summed E-state index contributed by atoms with van der Waals surface area (Å²) in [7, 11) is 0.